The first-order valence-electron chi connectivity index (χ1n) is 9.33. The van der Waals surface area contributed by atoms with Crippen molar-refractivity contribution in [3.05, 3.63) is 35.9 Å². The number of amides is 2. The van der Waals surface area contributed by atoms with Crippen LogP contribution >= 0.6 is 0 Å². The van der Waals surface area contributed by atoms with Crippen molar-refractivity contribution in [2.75, 3.05) is 32.7 Å². The Morgan fingerprint density at radius 3 is 2.64 bits per heavy atom. The number of hydrogen-bond acceptors (Lipinski definition) is 4. The van der Waals surface area contributed by atoms with Gasteiger partial charge in [-0.15, -0.1) is 0 Å². The summed E-state index contributed by atoms with van der Waals surface area (Å²) in [4.78, 5) is 27.2. The van der Waals surface area contributed by atoms with Crippen LogP contribution in [0.3, 0.4) is 0 Å². The van der Waals surface area contributed by atoms with Gasteiger partial charge in [0.15, 0.2) is 0 Å². The van der Waals surface area contributed by atoms with E-state index in [1.807, 2.05) is 35.2 Å². The molecule has 6 nitrogen and oxygen atoms in total. The molecule has 0 radical (unpaired) electrons. The van der Waals surface area contributed by atoms with E-state index in [0.717, 1.165) is 38.9 Å². The van der Waals surface area contributed by atoms with Gasteiger partial charge in [0.05, 0.1) is 6.04 Å². The second-order valence-corrected chi connectivity index (χ2v) is 6.82. The number of hydrogen-bond donors (Lipinski definition) is 3. The minimum Gasteiger partial charge on any atom is -0.355 e. The Bertz CT molecular complexity index is 578. The first kappa shape index (κ1) is 17.9. The molecule has 0 saturated carbocycles. The number of carbonyl (C=O) groups is 2. The van der Waals surface area contributed by atoms with E-state index in [0.29, 0.717) is 25.1 Å². The molecule has 25 heavy (non-hydrogen) atoms. The minimum atomic E-state index is -0.197. The highest BCUT2D eigenvalue weighted by molar-refractivity contribution is 5.94. The normalized spacial score (nSPS) is 25.9. The fourth-order valence-corrected chi connectivity index (χ4v) is 3.56. The van der Waals surface area contributed by atoms with Crippen LogP contribution in [0.25, 0.3) is 0 Å². The lowest BCUT2D eigenvalue weighted by Crippen LogP contribution is -2.43. The zero-order valence-corrected chi connectivity index (χ0v) is 14.7. The first-order valence-corrected chi connectivity index (χ1v) is 9.33. The van der Waals surface area contributed by atoms with Crippen molar-refractivity contribution >= 4 is 11.8 Å². The van der Waals surface area contributed by atoms with Gasteiger partial charge >= 0.3 is 0 Å². The summed E-state index contributed by atoms with van der Waals surface area (Å²) in [6, 6.07) is 9.28. The SMILES string of the molecule is O=C1NCCCCNCCCN(C(=O)c2ccccc2)[C@@H]2CN[C@H]1C2. The van der Waals surface area contributed by atoms with Crippen LogP contribution in [-0.2, 0) is 4.79 Å². The van der Waals surface area contributed by atoms with Crippen molar-refractivity contribution in [2.24, 2.45) is 0 Å². The van der Waals surface area contributed by atoms with Gasteiger partial charge in [0.25, 0.3) is 5.91 Å². The number of nitrogens with one attached hydrogen (secondary N) is 3. The van der Waals surface area contributed by atoms with Crippen LogP contribution in [0.2, 0.25) is 0 Å². The highest BCUT2D eigenvalue weighted by Crippen LogP contribution is 2.18. The van der Waals surface area contributed by atoms with E-state index in [1.165, 1.54) is 0 Å². The highest BCUT2D eigenvalue weighted by Gasteiger charge is 2.34. The number of nitrogens with zero attached hydrogens (tertiary/aromatic N) is 1. The Balaban J connectivity index is 1.72. The molecule has 3 rings (SSSR count). The van der Waals surface area contributed by atoms with Gasteiger partial charge in [-0.25, -0.2) is 0 Å². The maximum atomic E-state index is 13.0. The maximum Gasteiger partial charge on any atom is 0.254 e. The van der Waals surface area contributed by atoms with Crippen molar-refractivity contribution in [1.82, 2.24) is 20.9 Å². The Hall–Kier alpha value is -1.92. The molecule has 0 unspecified atom stereocenters. The summed E-state index contributed by atoms with van der Waals surface area (Å²) in [5.74, 6) is 0.111. The van der Waals surface area contributed by atoms with Crippen LogP contribution in [0, 0.1) is 0 Å². The van der Waals surface area contributed by atoms with Crippen LogP contribution in [0.15, 0.2) is 30.3 Å². The molecule has 2 saturated heterocycles. The number of fused-ring (bicyclic) bond motifs is 2. The maximum absolute atomic E-state index is 13.0. The fraction of sp³-hybridized carbons (Fsp3) is 0.579. The van der Waals surface area contributed by atoms with E-state index < -0.39 is 0 Å². The van der Waals surface area contributed by atoms with Gasteiger partial charge in [0, 0.05) is 31.2 Å². The van der Waals surface area contributed by atoms with Gasteiger partial charge in [-0.05, 0) is 50.9 Å². The molecule has 0 spiro atoms. The molecule has 6 heteroatoms. The first-order chi connectivity index (χ1) is 12.3. The molecule has 2 atom stereocenters. The standard InChI is InChI=1S/C19H28N4O2/c24-18-17-13-16(14-22-17)23(19(25)15-7-2-1-3-8-15)12-6-10-20-9-4-5-11-21-18/h1-3,7-8,16-17,20,22H,4-6,9-14H2,(H,21,24)/t16-,17-/m0/s1. The Morgan fingerprint density at radius 1 is 1.04 bits per heavy atom. The van der Waals surface area contributed by atoms with Crippen molar-refractivity contribution in [2.45, 2.75) is 37.8 Å². The molecule has 3 N–H and O–H groups in total. The predicted molar refractivity (Wildman–Crippen MR) is 97.4 cm³/mol. The fourth-order valence-electron chi connectivity index (χ4n) is 3.56. The monoisotopic (exact) mass is 344 g/mol. The summed E-state index contributed by atoms with van der Waals surface area (Å²) >= 11 is 0. The average Bonchev–Trinajstić information content (AvgIpc) is 3.12. The quantitative estimate of drug-likeness (QED) is 0.703. The molecule has 2 amide bonds. The van der Waals surface area contributed by atoms with E-state index in [9.17, 15) is 9.59 Å². The number of carbonyl (C=O) groups excluding carboxylic acids is 2. The third-order valence-corrected chi connectivity index (χ3v) is 4.98. The third kappa shape index (κ3) is 4.80. The smallest absolute Gasteiger partial charge is 0.254 e. The van der Waals surface area contributed by atoms with Crippen molar-refractivity contribution in [3.8, 4) is 0 Å². The van der Waals surface area contributed by atoms with E-state index >= 15 is 0 Å². The van der Waals surface area contributed by atoms with Gasteiger partial charge in [0.2, 0.25) is 5.91 Å². The summed E-state index contributed by atoms with van der Waals surface area (Å²) < 4.78 is 0. The van der Waals surface area contributed by atoms with Crippen LogP contribution in [0.1, 0.15) is 36.0 Å². The van der Waals surface area contributed by atoms with Crippen LogP contribution in [-0.4, -0.2) is 61.5 Å². The van der Waals surface area contributed by atoms with Crippen molar-refractivity contribution in [1.29, 1.82) is 0 Å². The van der Waals surface area contributed by atoms with E-state index in [1.54, 1.807) is 0 Å². The van der Waals surface area contributed by atoms with Crippen molar-refractivity contribution in [3.63, 3.8) is 0 Å². The summed E-state index contributed by atoms with van der Waals surface area (Å²) in [5, 5.41) is 9.72. The molecule has 0 aliphatic carbocycles. The van der Waals surface area contributed by atoms with Crippen molar-refractivity contribution < 1.29 is 9.59 Å². The molecule has 2 aliphatic rings. The molecule has 2 fully saturated rings. The third-order valence-electron chi connectivity index (χ3n) is 4.98. The van der Waals surface area contributed by atoms with E-state index in [4.69, 9.17) is 0 Å². The lowest BCUT2D eigenvalue weighted by Gasteiger charge is -2.29. The summed E-state index contributed by atoms with van der Waals surface area (Å²) in [7, 11) is 0. The molecule has 2 heterocycles. The van der Waals surface area contributed by atoms with Gasteiger partial charge in [-0.3, -0.25) is 9.59 Å². The Morgan fingerprint density at radius 2 is 1.80 bits per heavy atom. The molecular formula is C19H28N4O2. The minimum absolute atomic E-state index is 0.0552. The molecule has 136 valence electrons. The summed E-state index contributed by atoms with van der Waals surface area (Å²) in [6.07, 6.45) is 3.64. The van der Waals surface area contributed by atoms with Crippen LogP contribution < -0.4 is 16.0 Å². The Kier molecular flexibility index (Phi) is 6.42. The largest absolute Gasteiger partial charge is 0.355 e. The summed E-state index contributed by atoms with van der Waals surface area (Å²) in [5.41, 5.74) is 0.712. The second-order valence-electron chi connectivity index (χ2n) is 6.82. The summed E-state index contributed by atoms with van der Waals surface area (Å²) in [6.45, 7) is 3.96. The van der Waals surface area contributed by atoms with Gasteiger partial charge < -0.3 is 20.9 Å². The molecule has 0 aromatic heterocycles. The number of benzene rings is 1. The van der Waals surface area contributed by atoms with E-state index in [-0.39, 0.29) is 23.9 Å². The molecule has 2 bridgehead atoms. The predicted octanol–water partition coefficient (Wildman–Crippen LogP) is 0.749. The van der Waals surface area contributed by atoms with Crippen LogP contribution in [0.5, 0.6) is 0 Å². The molecule has 2 aliphatic heterocycles. The zero-order chi connectivity index (χ0) is 17.5. The van der Waals surface area contributed by atoms with Crippen LogP contribution in [0.4, 0.5) is 0 Å². The highest BCUT2D eigenvalue weighted by atomic mass is 16.2. The lowest BCUT2D eigenvalue weighted by molar-refractivity contribution is -0.122. The molecular weight excluding hydrogens is 316 g/mol. The molecule has 1 aromatic rings. The lowest BCUT2D eigenvalue weighted by atomic mass is 10.1. The van der Waals surface area contributed by atoms with Gasteiger partial charge in [-0.1, -0.05) is 18.2 Å². The number of rotatable bonds is 1. The van der Waals surface area contributed by atoms with Gasteiger partial charge in [-0.2, -0.15) is 0 Å². The Labute approximate surface area is 149 Å². The topological polar surface area (TPSA) is 73.5 Å². The average molecular weight is 344 g/mol. The van der Waals surface area contributed by atoms with Gasteiger partial charge in [0.1, 0.15) is 0 Å². The molecule has 1 aromatic carbocycles. The second kappa shape index (κ2) is 8.97. The zero-order valence-electron chi connectivity index (χ0n) is 14.7. The van der Waals surface area contributed by atoms with E-state index in [2.05, 4.69) is 16.0 Å².